The van der Waals surface area contributed by atoms with Gasteiger partial charge in [0.25, 0.3) is 0 Å². The summed E-state index contributed by atoms with van der Waals surface area (Å²) in [5.74, 6) is 5.87. The second kappa shape index (κ2) is 9.69. The first-order chi connectivity index (χ1) is 13.4. The first kappa shape index (κ1) is 21.0. The second-order valence-electron chi connectivity index (χ2n) is 8.01. The normalized spacial score (nSPS) is 18.6. The van der Waals surface area contributed by atoms with Gasteiger partial charge in [-0.15, -0.1) is 0 Å². The van der Waals surface area contributed by atoms with Gasteiger partial charge in [-0.25, -0.2) is 0 Å². The molecule has 1 aliphatic heterocycles. The molecular formula is C23H30N2O2S. The molecule has 3 rings (SSSR count). The van der Waals surface area contributed by atoms with E-state index in [2.05, 4.69) is 50.6 Å². The molecule has 1 aromatic heterocycles. The summed E-state index contributed by atoms with van der Waals surface area (Å²) < 4.78 is 0. The minimum Gasteiger partial charge on any atom is -0.396 e. The van der Waals surface area contributed by atoms with E-state index in [0.717, 1.165) is 44.7 Å². The molecule has 0 spiro atoms. The number of piperazine rings is 1. The van der Waals surface area contributed by atoms with Gasteiger partial charge in [0.15, 0.2) is 0 Å². The number of thiophene rings is 1. The van der Waals surface area contributed by atoms with Crippen molar-refractivity contribution in [1.82, 2.24) is 9.80 Å². The van der Waals surface area contributed by atoms with Crippen molar-refractivity contribution in [3.8, 4) is 11.8 Å². The summed E-state index contributed by atoms with van der Waals surface area (Å²) in [5, 5.41) is 23.6. The lowest BCUT2D eigenvalue weighted by atomic mass is 10.1. The third-order valence-electron chi connectivity index (χ3n) is 4.99. The molecule has 0 amide bonds. The number of nitrogens with zero attached hydrogens (tertiary/aromatic N) is 2. The van der Waals surface area contributed by atoms with Gasteiger partial charge in [0.2, 0.25) is 0 Å². The van der Waals surface area contributed by atoms with E-state index in [9.17, 15) is 10.2 Å². The van der Waals surface area contributed by atoms with Gasteiger partial charge in [-0.3, -0.25) is 9.80 Å². The topological polar surface area (TPSA) is 46.9 Å². The molecule has 0 bridgehead atoms. The van der Waals surface area contributed by atoms with Gasteiger partial charge in [-0.05, 0) is 60.4 Å². The zero-order valence-corrected chi connectivity index (χ0v) is 17.6. The third-order valence-corrected chi connectivity index (χ3v) is 5.72. The third kappa shape index (κ3) is 6.44. The molecule has 4 nitrogen and oxygen atoms in total. The van der Waals surface area contributed by atoms with E-state index in [1.54, 1.807) is 25.2 Å². The number of rotatable bonds is 6. The van der Waals surface area contributed by atoms with Crippen LogP contribution < -0.4 is 0 Å². The molecule has 2 N–H and O–H groups in total. The largest absolute Gasteiger partial charge is 0.396 e. The fraction of sp³-hybridized carbons (Fsp3) is 0.478. The highest BCUT2D eigenvalue weighted by molar-refractivity contribution is 7.07. The Morgan fingerprint density at radius 1 is 1.11 bits per heavy atom. The fourth-order valence-electron chi connectivity index (χ4n) is 3.53. The summed E-state index contributed by atoms with van der Waals surface area (Å²) in [6, 6.07) is 10.9. The summed E-state index contributed by atoms with van der Waals surface area (Å²) in [6.07, 6.45) is 0.812. The minimum absolute atomic E-state index is 0.229. The molecule has 0 unspecified atom stereocenters. The van der Waals surface area contributed by atoms with Crippen molar-refractivity contribution >= 4 is 11.3 Å². The quantitative estimate of drug-likeness (QED) is 0.735. The van der Waals surface area contributed by atoms with Gasteiger partial charge >= 0.3 is 0 Å². The molecule has 2 aromatic rings. The lowest BCUT2D eigenvalue weighted by molar-refractivity contribution is 0.0500. The molecule has 2 heterocycles. The molecule has 0 aliphatic carbocycles. The first-order valence-corrected chi connectivity index (χ1v) is 10.8. The number of aliphatic hydroxyl groups is 2. The van der Waals surface area contributed by atoms with Crippen LogP contribution in [0.25, 0.3) is 0 Å². The average Bonchev–Trinajstić information content (AvgIpc) is 3.16. The highest BCUT2D eigenvalue weighted by atomic mass is 32.1. The summed E-state index contributed by atoms with van der Waals surface area (Å²) in [4.78, 5) is 4.98. The van der Waals surface area contributed by atoms with Gasteiger partial charge in [0.1, 0.15) is 5.60 Å². The Kier molecular flexibility index (Phi) is 7.28. The van der Waals surface area contributed by atoms with Crippen LogP contribution in [0, 0.1) is 11.8 Å². The minimum atomic E-state index is -0.969. The summed E-state index contributed by atoms with van der Waals surface area (Å²) >= 11 is 1.74. The number of aliphatic hydroxyl groups excluding tert-OH is 1. The first-order valence-electron chi connectivity index (χ1n) is 9.86. The molecule has 150 valence electrons. The predicted molar refractivity (Wildman–Crippen MR) is 115 cm³/mol. The highest BCUT2D eigenvalue weighted by Gasteiger charge is 2.26. The van der Waals surface area contributed by atoms with Gasteiger partial charge in [-0.2, -0.15) is 11.3 Å². The van der Waals surface area contributed by atoms with Crippen LogP contribution in [-0.2, 0) is 13.1 Å². The lowest BCUT2D eigenvalue weighted by Crippen LogP contribution is -2.52. The van der Waals surface area contributed by atoms with Crippen LogP contribution in [0.3, 0.4) is 0 Å². The van der Waals surface area contributed by atoms with Crippen LogP contribution in [-0.4, -0.2) is 57.9 Å². The van der Waals surface area contributed by atoms with Crippen LogP contribution >= 0.6 is 11.3 Å². The SMILES string of the molecule is CC(C)(O)C#Cc1ccc(CN2CCN(Cc3ccsc3)[C@H](CCO)C2)cc1. The van der Waals surface area contributed by atoms with Gasteiger partial charge in [0, 0.05) is 50.9 Å². The van der Waals surface area contributed by atoms with E-state index in [-0.39, 0.29) is 6.61 Å². The van der Waals surface area contributed by atoms with Gasteiger partial charge < -0.3 is 10.2 Å². The highest BCUT2D eigenvalue weighted by Crippen LogP contribution is 2.19. The van der Waals surface area contributed by atoms with E-state index < -0.39 is 5.60 Å². The maximum absolute atomic E-state index is 9.72. The van der Waals surface area contributed by atoms with Crippen molar-refractivity contribution in [2.75, 3.05) is 26.2 Å². The smallest absolute Gasteiger partial charge is 0.120 e. The molecule has 5 heteroatoms. The predicted octanol–water partition coefficient (Wildman–Crippen LogP) is 2.94. The van der Waals surface area contributed by atoms with Crippen LogP contribution in [0.15, 0.2) is 41.1 Å². The second-order valence-corrected chi connectivity index (χ2v) is 8.79. The van der Waals surface area contributed by atoms with Gasteiger partial charge in [-0.1, -0.05) is 24.0 Å². The zero-order valence-electron chi connectivity index (χ0n) is 16.8. The van der Waals surface area contributed by atoms with Crippen molar-refractivity contribution in [3.63, 3.8) is 0 Å². The van der Waals surface area contributed by atoms with Crippen molar-refractivity contribution in [2.45, 2.75) is 45.0 Å². The Labute approximate surface area is 172 Å². The van der Waals surface area contributed by atoms with Crippen molar-refractivity contribution in [2.24, 2.45) is 0 Å². The molecule has 0 radical (unpaired) electrons. The Hall–Kier alpha value is -1.68. The van der Waals surface area contributed by atoms with Crippen molar-refractivity contribution in [1.29, 1.82) is 0 Å². The number of hydrogen-bond acceptors (Lipinski definition) is 5. The van der Waals surface area contributed by atoms with Crippen LogP contribution in [0.5, 0.6) is 0 Å². The molecule has 1 saturated heterocycles. The molecular weight excluding hydrogens is 368 g/mol. The van der Waals surface area contributed by atoms with E-state index >= 15 is 0 Å². The Morgan fingerprint density at radius 3 is 2.54 bits per heavy atom. The Balaban J connectivity index is 1.58. The van der Waals surface area contributed by atoms with Gasteiger partial charge in [0.05, 0.1) is 0 Å². The molecule has 1 fully saturated rings. The molecule has 1 aliphatic rings. The Morgan fingerprint density at radius 2 is 1.89 bits per heavy atom. The summed E-state index contributed by atoms with van der Waals surface area (Å²) in [5.41, 5.74) is 2.58. The zero-order chi connectivity index (χ0) is 20.0. The molecule has 28 heavy (non-hydrogen) atoms. The summed E-state index contributed by atoms with van der Waals surface area (Å²) in [6.45, 7) is 8.52. The van der Waals surface area contributed by atoms with Crippen LogP contribution in [0.4, 0.5) is 0 Å². The molecule has 0 saturated carbocycles. The van der Waals surface area contributed by atoms with E-state index in [0.29, 0.717) is 6.04 Å². The van der Waals surface area contributed by atoms with E-state index in [1.807, 2.05) is 12.1 Å². The Bertz CT molecular complexity index is 785. The number of hydrogen-bond donors (Lipinski definition) is 2. The van der Waals surface area contributed by atoms with Crippen molar-refractivity contribution < 1.29 is 10.2 Å². The molecule has 1 aromatic carbocycles. The monoisotopic (exact) mass is 398 g/mol. The standard InChI is InChI=1S/C23H30N2O2S/c1-23(2,27)10-7-19-3-5-20(6-4-19)15-24-11-12-25(22(17-24)8-13-26)16-21-9-14-28-18-21/h3-6,9,14,18,22,26-27H,8,11-13,15-17H2,1-2H3/t22-/m1/s1. The average molecular weight is 399 g/mol. The van der Waals surface area contributed by atoms with Crippen LogP contribution in [0.1, 0.15) is 37.0 Å². The maximum atomic E-state index is 9.72. The molecule has 1 atom stereocenters. The van der Waals surface area contributed by atoms with E-state index in [1.165, 1.54) is 11.1 Å². The number of benzene rings is 1. The van der Waals surface area contributed by atoms with Crippen LogP contribution in [0.2, 0.25) is 0 Å². The maximum Gasteiger partial charge on any atom is 0.120 e. The van der Waals surface area contributed by atoms with E-state index in [4.69, 9.17) is 0 Å². The summed E-state index contributed by atoms with van der Waals surface area (Å²) in [7, 11) is 0. The fourth-order valence-corrected chi connectivity index (χ4v) is 4.19. The van der Waals surface area contributed by atoms with Crippen molar-refractivity contribution in [3.05, 3.63) is 57.8 Å². The lowest BCUT2D eigenvalue weighted by Gasteiger charge is -2.41.